The summed E-state index contributed by atoms with van der Waals surface area (Å²) in [7, 11) is 0. The molecule has 0 radical (unpaired) electrons. The Morgan fingerprint density at radius 1 is 0.556 bits per heavy atom. The van der Waals surface area contributed by atoms with Crippen molar-refractivity contribution in [3.63, 3.8) is 0 Å². The maximum atomic E-state index is 5.28. The van der Waals surface area contributed by atoms with E-state index >= 15 is 0 Å². The standard InChI is InChI=1S/C61H46N2/c1-5-11-57-46(25-24-45(56(57)6-2)18-16-40(3)49-28-20-42-12-7-9-14-51(42)36-49)19-17-41(4)50-29-21-44-23-31-54(39-55(44)37-50)59-35-33-48-27-26-47-32-34-58(62-60(47)61(48)63-59)53-30-22-43-13-8-10-15-52(43)38-53/h5,7-10,12-39H,3,6H2,1-2,4H3/b18-16-,41-17+,46-19-. The van der Waals surface area contributed by atoms with E-state index in [-0.39, 0.29) is 0 Å². The molecular formula is C61H46N2. The second kappa shape index (κ2) is 16.9. The van der Waals surface area contributed by atoms with Crippen molar-refractivity contribution in [3.8, 4) is 22.5 Å². The molecule has 0 atom stereocenters. The summed E-state index contributed by atoms with van der Waals surface area (Å²) in [5, 5.41) is 11.7. The molecule has 0 aliphatic carbocycles. The van der Waals surface area contributed by atoms with Crippen LogP contribution in [0.5, 0.6) is 0 Å². The van der Waals surface area contributed by atoms with E-state index in [0.717, 1.165) is 72.3 Å². The van der Waals surface area contributed by atoms with E-state index in [2.05, 4.69) is 220 Å². The molecule has 0 saturated heterocycles. The van der Waals surface area contributed by atoms with Crippen molar-refractivity contribution in [2.45, 2.75) is 27.2 Å². The summed E-state index contributed by atoms with van der Waals surface area (Å²) >= 11 is 0. The number of benzene rings is 8. The molecule has 0 N–H and O–H groups in total. The Kier molecular flexibility index (Phi) is 10.5. The fourth-order valence-corrected chi connectivity index (χ4v) is 8.75. The maximum Gasteiger partial charge on any atom is 0.0972 e. The highest BCUT2D eigenvalue weighted by atomic mass is 14.8. The first kappa shape index (κ1) is 39.2. The van der Waals surface area contributed by atoms with E-state index in [1.807, 2.05) is 13.0 Å². The van der Waals surface area contributed by atoms with Crippen molar-refractivity contribution in [2.75, 3.05) is 0 Å². The molecule has 2 nitrogen and oxygen atoms in total. The molecule has 8 aromatic carbocycles. The number of nitrogens with zero attached hydrogens (tertiary/aromatic N) is 2. The molecule has 0 spiro atoms. The molecule has 2 heterocycles. The van der Waals surface area contributed by atoms with Crippen LogP contribution in [0.3, 0.4) is 0 Å². The minimum absolute atomic E-state index is 0.890. The molecule has 0 aliphatic heterocycles. The minimum Gasteiger partial charge on any atom is -0.245 e. The predicted molar refractivity (Wildman–Crippen MR) is 272 cm³/mol. The first-order valence-electron chi connectivity index (χ1n) is 21.7. The molecule has 2 heteroatoms. The zero-order valence-corrected chi connectivity index (χ0v) is 35.9. The third kappa shape index (κ3) is 7.81. The van der Waals surface area contributed by atoms with Gasteiger partial charge >= 0.3 is 0 Å². The summed E-state index contributed by atoms with van der Waals surface area (Å²) in [6, 6.07) is 60.6. The molecule has 63 heavy (non-hydrogen) atoms. The largest absolute Gasteiger partial charge is 0.245 e. The molecule has 0 fully saturated rings. The highest BCUT2D eigenvalue weighted by Gasteiger charge is 2.11. The lowest BCUT2D eigenvalue weighted by molar-refractivity contribution is 1.11. The molecule has 10 aromatic rings. The van der Waals surface area contributed by atoms with Crippen LogP contribution in [0.2, 0.25) is 0 Å². The average molecular weight is 807 g/mol. The minimum atomic E-state index is 0.890. The average Bonchev–Trinajstić information content (AvgIpc) is 3.34. The number of allylic oxidation sites excluding steroid dienone is 5. The van der Waals surface area contributed by atoms with Crippen molar-refractivity contribution >= 4 is 83.2 Å². The first-order chi connectivity index (χ1) is 30.9. The van der Waals surface area contributed by atoms with Crippen molar-refractivity contribution in [1.29, 1.82) is 0 Å². The Hall–Kier alpha value is -7.90. The van der Waals surface area contributed by atoms with Crippen LogP contribution in [0.15, 0.2) is 195 Å². The van der Waals surface area contributed by atoms with Gasteiger partial charge in [-0.15, -0.1) is 5.73 Å². The van der Waals surface area contributed by atoms with Crippen LogP contribution in [-0.2, 0) is 6.42 Å². The number of fused-ring (bicyclic) bond motifs is 6. The molecule has 0 unspecified atom stereocenters. The van der Waals surface area contributed by atoms with E-state index in [1.165, 1.54) is 54.6 Å². The SMILES string of the molecule is C=C(/C=C\c1cc/c(=C/C=C(\C)c2ccc3ccc(-c4ccc5ccc6ccc(-c7ccc8ccccc8c7)nc6c5n4)cc3c2)c(=C=CC)c1CC)c1ccc2ccccc2c1. The monoisotopic (exact) mass is 806 g/mol. The van der Waals surface area contributed by atoms with Gasteiger partial charge in [0.2, 0.25) is 0 Å². The van der Waals surface area contributed by atoms with Crippen LogP contribution in [0.1, 0.15) is 43.0 Å². The smallest absolute Gasteiger partial charge is 0.0972 e. The van der Waals surface area contributed by atoms with E-state index in [9.17, 15) is 0 Å². The van der Waals surface area contributed by atoms with Crippen molar-refractivity contribution in [2.24, 2.45) is 0 Å². The fraction of sp³-hybridized carbons (Fsp3) is 0.0656. The number of hydrogen-bond donors (Lipinski definition) is 0. The normalized spacial score (nSPS) is 12.2. The Labute approximate surface area is 368 Å². The van der Waals surface area contributed by atoms with Gasteiger partial charge in [-0.05, 0) is 134 Å². The van der Waals surface area contributed by atoms with Crippen molar-refractivity contribution in [3.05, 3.63) is 227 Å². The zero-order chi connectivity index (χ0) is 42.9. The molecular weight excluding hydrogens is 761 g/mol. The molecule has 0 saturated carbocycles. The third-order valence-electron chi connectivity index (χ3n) is 12.3. The van der Waals surface area contributed by atoms with Crippen LogP contribution in [0.4, 0.5) is 0 Å². The van der Waals surface area contributed by atoms with Gasteiger partial charge in [-0.25, -0.2) is 9.97 Å². The van der Waals surface area contributed by atoms with Crippen LogP contribution >= 0.6 is 0 Å². The molecule has 300 valence electrons. The van der Waals surface area contributed by atoms with Crippen LogP contribution in [0.25, 0.3) is 106 Å². The number of aromatic nitrogens is 2. The summed E-state index contributed by atoms with van der Waals surface area (Å²) in [6.07, 6.45) is 11.7. The number of pyridine rings is 2. The Balaban J connectivity index is 0.953. The lowest BCUT2D eigenvalue weighted by Gasteiger charge is -2.10. The maximum absolute atomic E-state index is 5.28. The lowest BCUT2D eigenvalue weighted by atomic mass is 9.97. The Morgan fingerprint density at radius 3 is 1.71 bits per heavy atom. The number of hydrogen-bond acceptors (Lipinski definition) is 2. The summed E-state index contributed by atoms with van der Waals surface area (Å²) in [6.45, 7) is 10.8. The molecule has 0 amide bonds. The zero-order valence-electron chi connectivity index (χ0n) is 35.9. The van der Waals surface area contributed by atoms with Gasteiger partial charge in [-0.1, -0.05) is 171 Å². The Bertz CT molecular complexity index is 3690. The van der Waals surface area contributed by atoms with Gasteiger partial charge in [-0.2, -0.15) is 0 Å². The topological polar surface area (TPSA) is 25.8 Å². The van der Waals surface area contributed by atoms with Gasteiger partial charge in [-0.3, -0.25) is 0 Å². The quantitative estimate of drug-likeness (QED) is 0.113. The van der Waals surface area contributed by atoms with Crippen molar-refractivity contribution in [1.82, 2.24) is 9.97 Å². The Morgan fingerprint density at radius 2 is 1.08 bits per heavy atom. The van der Waals surface area contributed by atoms with Crippen LogP contribution in [0, 0.1) is 0 Å². The fourth-order valence-electron chi connectivity index (χ4n) is 8.75. The van der Waals surface area contributed by atoms with Gasteiger partial charge in [0.1, 0.15) is 0 Å². The van der Waals surface area contributed by atoms with E-state index in [0.29, 0.717) is 0 Å². The molecule has 2 aromatic heterocycles. The predicted octanol–water partition coefficient (Wildman–Crippen LogP) is 14.7. The van der Waals surface area contributed by atoms with Crippen LogP contribution < -0.4 is 10.4 Å². The summed E-state index contributed by atoms with van der Waals surface area (Å²) in [5.41, 5.74) is 16.4. The number of rotatable bonds is 8. The molecule has 0 aliphatic rings. The highest BCUT2D eigenvalue weighted by molar-refractivity contribution is 6.04. The van der Waals surface area contributed by atoms with Crippen molar-refractivity contribution < 1.29 is 0 Å². The lowest BCUT2D eigenvalue weighted by Crippen LogP contribution is -2.28. The second-order valence-electron chi connectivity index (χ2n) is 16.3. The second-order valence-corrected chi connectivity index (χ2v) is 16.3. The van der Waals surface area contributed by atoms with E-state index < -0.39 is 0 Å². The molecule has 0 bridgehead atoms. The molecule has 10 rings (SSSR count). The van der Waals surface area contributed by atoms with Gasteiger partial charge in [0.05, 0.1) is 22.4 Å². The van der Waals surface area contributed by atoms with Gasteiger partial charge in [0, 0.05) is 27.1 Å². The summed E-state index contributed by atoms with van der Waals surface area (Å²) in [5.74, 6) is 0. The van der Waals surface area contributed by atoms with Gasteiger partial charge < -0.3 is 0 Å². The highest BCUT2D eigenvalue weighted by Crippen LogP contribution is 2.32. The van der Waals surface area contributed by atoms with E-state index in [4.69, 9.17) is 9.97 Å². The van der Waals surface area contributed by atoms with Gasteiger partial charge in [0.15, 0.2) is 0 Å². The summed E-state index contributed by atoms with van der Waals surface area (Å²) in [4.78, 5) is 10.5. The third-order valence-corrected chi connectivity index (χ3v) is 12.3. The van der Waals surface area contributed by atoms with E-state index in [1.54, 1.807) is 0 Å². The first-order valence-corrected chi connectivity index (χ1v) is 21.7. The van der Waals surface area contributed by atoms with Gasteiger partial charge in [0.25, 0.3) is 0 Å². The van der Waals surface area contributed by atoms with Crippen LogP contribution in [-0.4, -0.2) is 9.97 Å². The summed E-state index contributed by atoms with van der Waals surface area (Å²) < 4.78 is 0.